The van der Waals surface area contributed by atoms with Crippen LogP contribution < -0.4 is 10.0 Å². The van der Waals surface area contributed by atoms with E-state index in [1.807, 2.05) is 13.8 Å². The lowest BCUT2D eigenvalue weighted by Crippen LogP contribution is -2.12. The van der Waals surface area contributed by atoms with Crippen molar-refractivity contribution in [3.05, 3.63) is 40.1 Å². The number of aryl methyl sites for hydroxylation is 1. The molecule has 0 saturated heterocycles. The first kappa shape index (κ1) is 15.7. The third kappa shape index (κ3) is 4.15. The van der Waals surface area contributed by atoms with Gasteiger partial charge in [-0.25, -0.2) is 17.8 Å². The molecule has 0 aliphatic heterocycles. The number of nitrogens with zero attached hydrogens (tertiary/aromatic N) is 1. The number of anilines is 2. The minimum atomic E-state index is -3.52. The van der Waals surface area contributed by atoms with Crippen molar-refractivity contribution in [2.75, 3.05) is 16.3 Å². The molecule has 5 nitrogen and oxygen atoms in total. The fourth-order valence-electron chi connectivity index (χ4n) is 1.94. The van der Waals surface area contributed by atoms with Crippen molar-refractivity contribution in [3.8, 4) is 0 Å². The third-order valence-corrected chi connectivity index (χ3v) is 4.53. The number of aromatic nitrogens is 1. The molecule has 0 aliphatic carbocycles. The Morgan fingerprint density at radius 1 is 1.38 bits per heavy atom. The maximum Gasteiger partial charge on any atom is 0.229 e. The van der Waals surface area contributed by atoms with Gasteiger partial charge in [-0.15, -0.1) is 11.3 Å². The molecule has 2 N–H and O–H groups in total. The highest BCUT2D eigenvalue weighted by molar-refractivity contribution is 7.92. The molecule has 2 aromatic rings. The Labute approximate surface area is 127 Å². The average Bonchev–Trinajstić information content (AvgIpc) is 2.78. The SMILES string of the molecule is Cc1ncsc1C(C)Nc1ccc(F)c(NS(C)(=O)=O)c1. The second-order valence-electron chi connectivity index (χ2n) is 4.74. The summed E-state index contributed by atoms with van der Waals surface area (Å²) in [7, 11) is -3.52. The summed E-state index contributed by atoms with van der Waals surface area (Å²) in [5, 5.41) is 3.21. The predicted molar refractivity (Wildman–Crippen MR) is 83.8 cm³/mol. The average molecular weight is 329 g/mol. The molecular weight excluding hydrogens is 313 g/mol. The first-order chi connectivity index (χ1) is 9.76. The van der Waals surface area contributed by atoms with Crippen LogP contribution in [0.4, 0.5) is 15.8 Å². The molecule has 0 spiro atoms. The summed E-state index contributed by atoms with van der Waals surface area (Å²) in [5.41, 5.74) is 3.26. The molecule has 0 amide bonds. The first-order valence-electron chi connectivity index (χ1n) is 6.20. The summed E-state index contributed by atoms with van der Waals surface area (Å²) in [6.07, 6.45) is 0.982. The van der Waals surface area contributed by atoms with Gasteiger partial charge in [-0.2, -0.15) is 0 Å². The standard InChI is InChI=1S/C13H16FN3O2S2/c1-8-13(20-7-15-8)9(2)16-10-4-5-11(14)12(6-10)17-21(3,18)19/h4-7,9,16-17H,1-3H3. The maximum atomic E-state index is 13.6. The van der Waals surface area contributed by atoms with Gasteiger partial charge < -0.3 is 5.32 Å². The molecule has 0 saturated carbocycles. The van der Waals surface area contributed by atoms with Gasteiger partial charge in [0.15, 0.2) is 0 Å². The molecule has 2 rings (SSSR count). The molecule has 114 valence electrons. The van der Waals surface area contributed by atoms with E-state index in [1.165, 1.54) is 23.5 Å². The van der Waals surface area contributed by atoms with Gasteiger partial charge in [0.1, 0.15) is 5.82 Å². The van der Waals surface area contributed by atoms with Crippen molar-refractivity contribution in [2.24, 2.45) is 0 Å². The van der Waals surface area contributed by atoms with E-state index in [4.69, 9.17) is 0 Å². The van der Waals surface area contributed by atoms with Crippen molar-refractivity contribution in [1.29, 1.82) is 0 Å². The first-order valence-corrected chi connectivity index (χ1v) is 8.97. The number of benzene rings is 1. The number of thiazole rings is 1. The molecule has 0 bridgehead atoms. The fraction of sp³-hybridized carbons (Fsp3) is 0.308. The summed E-state index contributed by atoms with van der Waals surface area (Å²) in [6, 6.07) is 4.22. The van der Waals surface area contributed by atoms with Crippen LogP contribution in [0.1, 0.15) is 23.5 Å². The van der Waals surface area contributed by atoms with Crippen molar-refractivity contribution in [2.45, 2.75) is 19.9 Å². The molecule has 1 atom stereocenters. The zero-order chi connectivity index (χ0) is 15.6. The lowest BCUT2D eigenvalue weighted by molar-refractivity contribution is 0.604. The molecule has 1 unspecified atom stereocenters. The number of hydrogen-bond donors (Lipinski definition) is 2. The molecule has 8 heteroatoms. The highest BCUT2D eigenvalue weighted by Crippen LogP contribution is 2.27. The Morgan fingerprint density at radius 3 is 2.67 bits per heavy atom. The summed E-state index contributed by atoms with van der Waals surface area (Å²) >= 11 is 1.54. The van der Waals surface area contributed by atoms with Crippen LogP contribution >= 0.6 is 11.3 Å². The van der Waals surface area contributed by atoms with E-state index in [2.05, 4.69) is 15.0 Å². The molecule has 1 aromatic carbocycles. The maximum absolute atomic E-state index is 13.6. The monoisotopic (exact) mass is 329 g/mol. The fourth-order valence-corrected chi connectivity index (χ4v) is 3.30. The number of rotatable bonds is 5. The van der Waals surface area contributed by atoms with Crippen LogP contribution in [-0.2, 0) is 10.0 Å². The van der Waals surface area contributed by atoms with Gasteiger partial charge in [0, 0.05) is 10.6 Å². The Balaban J connectivity index is 2.21. The zero-order valence-electron chi connectivity index (χ0n) is 11.8. The normalized spacial score (nSPS) is 13.0. The lowest BCUT2D eigenvalue weighted by atomic mass is 10.2. The number of halogens is 1. The Kier molecular flexibility index (Phi) is 4.48. The molecule has 0 fully saturated rings. The minimum Gasteiger partial charge on any atom is -0.378 e. The summed E-state index contributed by atoms with van der Waals surface area (Å²) in [6.45, 7) is 3.89. The quantitative estimate of drug-likeness (QED) is 0.884. The van der Waals surface area contributed by atoms with Gasteiger partial charge in [-0.3, -0.25) is 4.72 Å². The van der Waals surface area contributed by atoms with E-state index in [0.29, 0.717) is 5.69 Å². The van der Waals surface area contributed by atoms with Crippen molar-refractivity contribution < 1.29 is 12.8 Å². The topological polar surface area (TPSA) is 71.1 Å². The highest BCUT2D eigenvalue weighted by atomic mass is 32.2. The second kappa shape index (κ2) is 5.98. The van der Waals surface area contributed by atoms with Gasteiger partial charge in [0.05, 0.1) is 29.2 Å². The summed E-state index contributed by atoms with van der Waals surface area (Å²) in [4.78, 5) is 5.27. The molecule has 0 aliphatic rings. The third-order valence-electron chi connectivity index (χ3n) is 2.82. The van der Waals surface area contributed by atoms with E-state index in [-0.39, 0.29) is 11.7 Å². The van der Waals surface area contributed by atoms with Crippen LogP contribution in [-0.4, -0.2) is 19.7 Å². The Morgan fingerprint density at radius 2 is 2.10 bits per heavy atom. The van der Waals surface area contributed by atoms with Gasteiger partial charge in [-0.05, 0) is 32.0 Å². The van der Waals surface area contributed by atoms with Gasteiger partial charge in [0.2, 0.25) is 10.0 Å². The van der Waals surface area contributed by atoms with Gasteiger partial charge in [0.25, 0.3) is 0 Å². The minimum absolute atomic E-state index is 0.00551. The zero-order valence-corrected chi connectivity index (χ0v) is 13.5. The van der Waals surface area contributed by atoms with Crippen molar-refractivity contribution in [1.82, 2.24) is 4.98 Å². The lowest BCUT2D eigenvalue weighted by Gasteiger charge is -2.15. The van der Waals surface area contributed by atoms with E-state index in [9.17, 15) is 12.8 Å². The van der Waals surface area contributed by atoms with E-state index >= 15 is 0 Å². The van der Waals surface area contributed by atoms with Crippen LogP contribution in [0.3, 0.4) is 0 Å². The Hall–Kier alpha value is -1.67. The number of sulfonamides is 1. The van der Waals surface area contributed by atoms with Crippen molar-refractivity contribution >= 4 is 32.7 Å². The predicted octanol–water partition coefficient (Wildman–Crippen LogP) is 3.14. The Bertz CT molecular complexity index is 744. The summed E-state index contributed by atoms with van der Waals surface area (Å²) < 4.78 is 38.2. The van der Waals surface area contributed by atoms with Crippen LogP contribution in [0.25, 0.3) is 0 Å². The number of nitrogens with one attached hydrogen (secondary N) is 2. The second-order valence-corrected chi connectivity index (χ2v) is 7.37. The summed E-state index contributed by atoms with van der Waals surface area (Å²) in [5.74, 6) is -0.618. The largest absolute Gasteiger partial charge is 0.378 e. The van der Waals surface area contributed by atoms with Gasteiger partial charge >= 0.3 is 0 Å². The van der Waals surface area contributed by atoms with E-state index in [1.54, 1.807) is 11.6 Å². The molecule has 1 aromatic heterocycles. The van der Waals surface area contributed by atoms with Crippen LogP contribution in [0.5, 0.6) is 0 Å². The molecule has 1 heterocycles. The van der Waals surface area contributed by atoms with Crippen LogP contribution in [0.15, 0.2) is 23.7 Å². The molecule has 0 radical (unpaired) electrons. The van der Waals surface area contributed by atoms with Crippen molar-refractivity contribution in [3.63, 3.8) is 0 Å². The van der Waals surface area contributed by atoms with E-state index in [0.717, 1.165) is 16.8 Å². The van der Waals surface area contributed by atoms with Crippen LogP contribution in [0, 0.1) is 12.7 Å². The molecular formula is C13H16FN3O2S2. The highest BCUT2D eigenvalue weighted by Gasteiger charge is 2.13. The van der Waals surface area contributed by atoms with E-state index < -0.39 is 15.8 Å². The smallest absolute Gasteiger partial charge is 0.229 e. The molecule has 21 heavy (non-hydrogen) atoms. The van der Waals surface area contributed by atoms with Gasteiger partial charge in [-0.1, -0.05) is 0 Å². The van der Waals surface area contributed by atoms with Crippen LogP contribution in [0.2, 0.25) is 0 Å². The number of hydrogen-bond acceptors (Lipinski definition) is 5.